The van der Waals surface area contributed by atoms with Crippen molar-refractivity contribution >= 4 is 39.1 Å². The SMILES string of the molecule is Cc1cc(Br)ccc1NC(=O)CCCl. The Morgan fingerprint density at radius 2 is 2.29 bits per heavy atom. The zero-order chi connectivity index (χ0) is 10.6. The quantitative estimate of drug-likeness (QED) is 0.843. The van der Waals surface area contributed by atoms with Crippen LogP contribution in [0.4, 0.5) is 5.69 Å². The number of rotatable bonds is 3. The van der Waals surface area contributed by atoms with Crippen molar-refractivity contribution in [2.45, 2.75) is 13.3 Å². The predicted molar refractivity (Wildman–Crippen MR) is 62.8 cm³/mol. The van der Waals surface area contributed by atoms with E-state index in [1.807, 2.05) is 25.1 Å². The van der Waals surface area contributed by atoms with Crippen LogP contribution in [-0.2, 0) is 4.79 Å². The summed E-state index contributed by atoms with van der Waals surface area (Å²) in [5.41, 5.74) is 1.87. The van der Waals surface area contributed by atoms with Crippen LogP contribution in [0.3, 0.4) is 0 Å². The molecule has 1 aromatic carbocycles. The third-order valence-corrected chi connectivity index (χ3v) is 2.47. The molecule has 1 amide bonds. The summed E-state index contributed by atoms with van der Waals surface area (Å²) >= 11 is 8.82. The molecule has 1 rings (SSSR count). The largest absolute Gasteiger partial charge is 0.326 e. The molecule has 14 heavy (non-hydrogen) atoms. The zero-order valence-corrected chi connectivity index (χ0v) is 10.2. The van der Waals surface area contributed by atoms with Gasteiger partial charge in [-0.15, -0.1) is 11.6 Å². The third-order valence-electron chi connectivity index (χ3n) is 1.78. The molecule has 0 spiro atoms. The van der Waals surface area contributed by atoms with Crippen LogP contribution in [-0.4, -0.2) is 11.8 Å². The number of amides is 1. The van der Waals surface area contributed by atoms with Crippen molar-refractivity contribution in [1.82, 2.24) is 0 Å². The molecule has 0 saturated carbocycles. The van der Waals surface area contributed by atoms with Crippen LogP contribution in [0, 0.1) is 6.92 Å². The van der Waals surface area contributed by atoms with Crippen molar-refractivity contribution in [2.24, 2.45) is 0 Å². The molecule has 76 valence electrons. The molecule has 0 fully saturated rings. The number of anilines is 1. The van der Waals surface area contributed by atoms with Crippen molar-refractivity contribution < 1.29 is 4.79 Å². The van der Waals surface area contributed by atoms with Crippen LogP contribution in [0.15, 0.2) is 22.7 Å². The van der Waals surface area contributed by atoms with Gasteiger partial charge in [0.2, 0.25) is 5.91 Å². The predicted octanol–water partition coefficient (Wildman–Crippen LogP) is 3.32. The number of halogens is 2. The van der Waals surface area contributed by atoms with Gasteiger partial charge in [-0.25, -0.2) is 0 Å². The van der Waals surface area contributed by atoms with Crippen molar-refractivity contribution in [1.29, 1.82) is 0 Å². The fraction of sp³-hybridized carbons (Fsp3) is 0.300. The second-order valence-electron chi connectivity index (χ2n) is 2.95. The Kier molecular flexibility index (Phi) is 4.42. The summed E-state index contributed by atoms with van der Waals surface area (Å²) in [7, 11) is 0. The van der Waals surface area contributed by atoms with Gasteiger partial charge in [0.25, 0.3) is 0 Å². The Bertz CT molecular complexity index is 341. The molecular weight excluding hydrogens is 265 g/mol. The molecule has 0 radical (unpaired) electrons. The maximum absolute atomic E-state index is 11.2. The normalized spacial score (nSPS) is 9.93. The second kappa shape index (κ2) is 5.37. The monoisotopic (exact) mass is 275 g/mol. The van der Waals surface area contributed by atoms with E-state index in [9.17, 15) is 4.79 Å². The molecule has 0 aliphatic heterocycles. The fourth-order valence-electron chi connectivity index (χ4n) is 1.07. The zero-order valence-electron chi connectivity index (χ0n) is 7.81. The molecule has 1 aromatic rings. The maximum Gasteiger partial charge on any atom is 0.225 e. The molecule has 0 bridgehead atoms. The van der Waals surface area contributed by atoms with Gasteiger partial charge in [-0.3, -0.25) is 4.79 Å². The summed E-state index contributed by atoms with van der Waals surface area (Å²) in [6, 6.07) is 5.71. The molecule has 2 nitrogen and oxygen atoms in total. The third kappa shape index (κ3) is 3.31. The highest BCUT2D eigenvalue weighted by atomic mass is 79.9. The van der Waals surface area contributed by atoms with Crippen LogP contribution in [0.1, 0.15) is 12.0 Å². The molecule has 0 aromatic heterocycles. The van der Waals surface area contributed by atoms with Gasteiger partial charge in [0.1, 0.15) is 0 Å². The molecule has 0 saturated heterocycles. The summed E-state index contributed by atoms with van der Waals surface area (Å²) in [6.07, 6.45) is 0.344. The average molecular weight is 277 g/mol. The standard InChI is InChI=1S/C10H11BrClNO/c1-7-6-8(11)2-3-9(7)13-10(14)4-5-12/h2-3,6H,4-5H2,1H3,(H,13,14). The number of nitrogens with one attached hydrogen (secondary N) is 1. The van der Waals surface area contributed by atoms with Crippen molar-refractivity contribution in [3.63, 3.8) is 0 Å². The van der Waals surface area contributed by atoms with Crippen molar-refractivity contribution in [3.05, 3.63) is 28.2 Å². The van der Waals surface area contributed by atoms with E-state index in [1.165, 1.54) is 0 Å². The Morgan fingerprint density at radius 3 is 2.86 bits per heavy atom. The Hall–Kier alpha value is -0.540. The number of alkyl halides is 1. The van der Waals surface area contributed by atoms with Gasteiger partial charge in [0.05, 0.1) is 0 Å². The van der Waals surface area contributed by atoms with Crippen LogP contribution < -0.4 is 5.32 Å². The topological polar surface area (TPSA) is 29.1 Å². The van der Waals surface area contributed by atoms with Crippen LogP contribution >= 0.6 is 27.5 Å². The first-order valence-corrected chi connectivity index (χ1v) is 5.58. The van der Waals surface area contributed by atoms with Crippen LogP contribution in [0.2, 0.25) is 0 Å². The first-order valence-electron chi connectivity index (χ1n) is 4.25. The summed E-state index contributed by atoms with van der Waals surface area (Å²) < 4.78 is 1.00. The lowest BCUT2D eigenvalue weighted by Gasteiger charge is -2.07. The molecule has 0 atom stereocenters. The van der Waals surface area contributed by atoms with Crippen molar-refractivity contribution in [2.75, 3.05) is 11.2 Å². The molecule has 1 N–H and O–H groups in total. The van der Waals surface area contributed by atoms with Gasteiger partial charge < -0.3 is 5.32 Å². The molecule has 0 aliphatic carbocycles. The molecule has 0 unspecified atom stereocenters. The van der Waals surface area contributed by atoms with Gasteiger partial charge in [-0.2, -0.15) is 0 Å². The van der Waals surface area contributed by atoms with E-state index in [-0.39, 0.29) is 5.91 Å². The minimum atomic E-state index is -0.0505. The van der Waals surface area contributed by atoms with Gasteiger partial charge >= 0.3 is 0 Å². The lowest BCUT2D eigenvalue weighted by atomic mass is 10.2. The lowest BCUT2D eigenvalue weighted by Crippen LogP contribution is -2.12. The van der Waals surface area contributed by atoms with Gasteiger partial charge in [0.15, 0.2) is 0 Å². The second-order valence-corrected chi connectivity index (χ2v) is 4.24. The van der Waals surface area contributed by atoms with Crippen LogP contribution in [0.25, 0.3) is 0 Å². The van der Waals surface area contributed by atoms with Gasteiger partial charge in [-0.05, 0) is 30.7 Å². The summed E-state index contributed by atoms with van der Waals surface area (Å²) in [6.45, 7) is 1.95. The average Bonchev–Trinajstić information content (AvgIpc) is 2.10. The fourth-order valence-corrected chi connectivity index (χ4v) is 1.71. The summed E-state index contributed by atoms with van der Waals surface area (Å²) in [4.78, 5) is 11.2. The van der Waals surface area contributed by atoms with E-state index in [4.69, 9.17) is 11.6 Å². The Morgan fingerprint density at radius 1 is 1.57 bits per heavy atom. The molecule has 0 aliphatic rings. The number of hydrogen-bond donors (Lipinski definition) is 1. The molecule has 0 heterocycles. The van der Waals surface area contributed by atoms with E-state index in [2.05, 4.69) is 21.2 Å². The van der Waals surface area contributed by atoms with Crippen LogP contribution in [0.5, 0.6) is 0 Å². The Labute approximate surface area is 96.8 Å². The van der Waals surface area contributed by atoms with E-state index in [1.54, 1.807) is 0 Å². The minimum absolute atomic E-state index is 0.0505. The van der Waals surface area contributed by atoms with Gasteiger partial charge in [-0.1, -0.05) is 15.9 Å². The lowest BCUT2D eigenvalue weighted by molar-refractivity contribution is -0.115. The van der Waals surface area contributed by atoms with E-state index in [0.29, 0.717) is 12.3 Å². The summed E-state index contributed by atoms with van der Waals surface area (Å²) in [5, 5.41) is 2.79. The number of benzene rings is 1. The Balaban J connectivity index is 2.72. The number of aryl methyl sites for hydroxylation is 1. The minimum Gasteiger partial charge on any atom is -0.326 e. The van der Waals surface area contributed by atoms with E-state index in [0.717, 1.165) is 15.7 Å². The maximum atomic E-state index is 11.2. The number of carbonyl (C=O) groups excluding carboxylic acids is 1. The highest BCUT2D eigenvalue weighted by Gasteiger charge is 2.03. The number of carbonyl (C=O) groups is 1. The van der Waals surface area contributed by atoms with Gasteiger partial charge in [0, 0.05) is 22.5 Å². The highest BCUT2D eigenvalue weighted by molar-refractivity contribution is 9.10. The number of hydrogen-bond acceptors (Lipinski definition) is 1. The van der Waals surface area contributed by atoms with E-state index >= 15 is 0 Å². The molecule has 4 heteroatoms. The van der Waals surface area contributed by atoms with Crippen molar-refractivity contribution in [3.8, 4) is 0 Å². The smallest absolute Gasteiger partial charge is 0.225 e. The summed E-state index contributed by atoms with van der Waals surface area (Å²) in [5.74, 6) is 0.298. The molecular formula is C10H11BrClNO. The first-order chi connectivity index (χ1) is 6.63. The van der Waals surface area contributed by atoms with E-state index < -0.39 is 0 Å². The first kappa shape index (κ1) is 11.5. The highest BCUT2D eigenvalue weighted by Crippen LogP contribution is 2.20.